The molecule has 102 valence electrons. The Balaban J connectivity index is 2.63. The van der Waals surface area contributed by atoms with Crippen molar-refractivity contribution in [1.82, 2.24) is 9.80 Å². The van der Waals surface area contributed by atoms with E-state index in [2.05, 4.69) is 51.3 Å². The third-order valence-corrected chi connectivity index (χ3v) is 4.61. The first-order valence-corrected chi connectivity index (χ1v) is 6.92. The van der Waals surface area contributed by atoms with E-state index in [0.29, 0.717) is 11.5 Å². The molecule has 0 amide bonds. The number of hydrogen-bond donors (Lipinski definition) is 1. The molecule has 0 aromatic carbocycles. The van der Waals surface area contributed by atoms with Gasteiger partial charge in [-0.2, -0.15) is 0 Å². The molecule has 3 nitrogen and oxygen atoms in total. The van der Waals surface area contributed by atoms with Crippen LogP contribution in [0.25, 0.3) is 0 Å². The third kappa shape index (κ3) is 3.21. The van der Waals surface area contributed by atoms with Crippen LogP contribution < -0.4 is 5.73 Å². The summed E-state index contributed by atoms with van der Waals surface area (Å²) in [5.41, 5.74) is 6.46. The second-order valence-corrected chi connectivity index (χ2v) is 6.86. The maximum absolute atomic E-state index is 6.00. The predicted octanol–water partition coefficient (Wildman–Crippen LogP) is 1.78. The van der Waals surface area contributed by atoms with E-state index in [1.54, 1.807) is 0 Å². The highest BCUT2D eigenvalue weighted by Crippen LogP contribution is 2.26. The lowest BCUT2D eigenvalue weighted by Crippen LogP contribution is -2.63. The number of nitrogens with two attached hydrogens (primary N) is 1. The minimum Gasteiger partial charge on any atom is -0.329 e. The highest BCUT2D eigenvalue weighted by molar-refractivity contribution is 4.94. The normalized spacial score (nSPS) is 24.0. The van der Waals surface area contributed by atoms with Gasteiger partial charge < -0.3 is 5.73 Å². The number of nitrogens with zero attached hydrogens (tertiary/aromatic N) is 2. The number of hydrogen-bond acceptors (Lipinski definition) is 3. The molecule has 1 rings (SSSR count). The van der Waals surface area contributed by atoms with Gasteiger partial charge in [0, 0.05) is 43.8 Å². The lowest BCUT2D eigenvalue weighted by Gasteiger charge is -2.50. The molecule has 1 heterocycles. The minimum atomic E-state index is 0.157. The van der Waals surface area contributed by atoms with Crippen molar-refractivity contribution < 1.29 is 0 Å². The van der Waals surface area contributed by atoms with Gasteiger partial charge in [-0.1, -0.05) is 13.8 Å². The first-order chi connectivity index (χ1) is 7.71. The number of piperazine rings is 1. The summed E-state index contributed by atoms with van der Waals surface area (Å²) < 4.78 is 0. The molecular weight excluding hydrogens is 210 g/mol. The van der Waals surface area contributed by atoms with Gasteiger partial charge in [-0.3, -0.25) is 9.80 Å². The Morgan fingerprint density at radius 1 is 0.941 bits per heavy atom. The number of rotatable bonds is 3. The van der Waals surface area contributed by atoms with E-state index < -0.39 is 0 Å². The summed E-state index contributed by atoms with van der Waals surface area (Å²) in [6.45, 7) is 19.1. The maximum atomic E-state index is 6.00. The molecule has 0 saturated carbocycles. The fourth-order valence-electron chi connectivity index (χ4n) is 2.62. The van der Waals surface area contributed by atoms with Gasteiger partial charge >= 0.3 is 0 Å². The van der Waals surface area contributed by atoms with Gasteiger partial charge in [0.2, 0.25) is 0 Å². The maximum Gasteiger partial charge on any atom is 0.0327 e. The van der Waals surface area contributed by atoms with Gasteiger partial charge in [0.25, 0.3) is 0 Å². The van der Waals surface area contributed by atoms with Crippen molar-refractivity contribution in [2.45, 2.75) is 52.6 Å². The van der Waals surface area contributed by atoms with Crippen molar-refractivity contribution >= 4 is 0 Å². The summed E-state index contributed by atoms with van der Waals surface area (Å²) in [5.74, 6) is 0.605. The van der Waals surface area contributed by atoms with E-state index >= 15 is 0 Å². The molecule has 1 aliphatic heterocycles. The van der Waals surface area contributed by atoms with Gasteiger partial charge in [0.15, 0.2) is 0 Å². The molecule has 0 spiro atoms. The van der Waals surface area contributed by atoms with Crippen LogP contribution in [0.5, 0.6) is 0 Å². The minimum absolute atomic E-state index is 0.157. The Morgan fingerprint density at radius 3 is 1.65 bits per heavy atom. The van der Waals surface area contributed by atoms with E-state index in [0.717, 1.165) is 32.7 Å². The summed E-state index contributed by atoms with van der Waals surface area (Å²) >= 11 is 0. The van der Waals surface area contributed by atoms with E-state index in [1.165, 1.54) is 0 Å². The van der Waals surface area contributed by atoms with Crippen LogP contribution in [0.1, 0.15) is 41.5 Å². The second-order valence-electron chi connectivity index (χ2n) is 6.86. The first-order valence-electron chi connectivity index (χ1n) is 6.92. The quantitative estimate of drug-likeness (QED) is 0.817. The molecule has 0 aromatic heterocycles. The molecule has 1 saturated heterocycles. The molecule has 0 radical (unpaired) electrons. The fraction of sp³-hybridized carbons (Fsp3) is 1.00. The molecule has 3 heteroatoms. The zero-order valence-electron chi connectivity index (χ0n) is 12.6. The Labute approximate surface area is 107 Å². The summed E-state index contributed by atoms with van der Waals surface area (Å²) in [5, 5.41) is 0. The Kier molecular flexibility index (Phi) is 4.61. The molecule has 0 aromatic rings. The summed E-state index contributed by atoms with van der Waals surface area (Å²) in [7, 11) is 0. The van der Waals surface area contributed by atoms with Crippen LogP contribution in [0.4, 0.5) is 0 Å². The van der Waals surface area contributed by atoms with Crippen molar-refractivity contribution in [3.05, 3.63) is 0 Å². The predicted molar refractivity (Wildman–Crippen MR) is 75.2 cm³/mol. The van der Waals surface area contributed by atoms with E-state index in [9.17, 15) is 0 Å². The lowest BCUT2D eigenvalue weighted by molar-refractivity contribution is -0.00764. The zero-order valence-corrected chi connectivity index (χ0v) is 12.6. The third-order valence-electron chi connectivity index (χ3n) is 4.61. The van der Waals surface area contributed by atoms with Crippen molar-refractivity contribution in [2.75, 3.05) is 32.7 Å². The van der Waals surface area contributed by atoms with Crippen molar-refractivity contribution in [1.29, 1.82) is 0 Å². The first kappa shape index (κ1) is 14.9. The smallest absolute Gasteiger partial charge is 0.0327 e. The molecular formula is C14H31N3. The summed E-state index contributed by atoms with van der Waals surface area (Å²) in [6.07, 6.45) is 0. The van der Waals surface area contributed by atoms with E-state index in [-0.39, 0.29) is 5.54 Å². The summed E-state index contributed by atoms with van der Waals surface area (Å²) in [4.78, 5) is 5.15. The topological polar surface area (TPSA) is 32.5 Å². The van der Waals surface area contributed by atoms with Crippen molar-refractivity contribution in [2.24, 2.45) is 11.7 Å². The van der Waals surface area contributed by atoms with Gasteiger partial charge in [-0.25, -0.2) is 0 Å². The average molecular weight is 241 g/mol. The second kappa shape index (κ2) is 5.25. The molecule has 0 aliphatic carbocycles. The Morgan fingerprint density at radius 2 is 1.35 bits per heavy atom. The van der Waals surface area contributed by atoms with Gasteiger partial charge in [-0.05, 0) is 33.6 Å². The van der Waals surface area contributed by atoms with Gasteiger partial charge in [-0.15, -0.1) is 0 Å². The SMILES string of the molecule is CC(C)C(C)(CN)N1CCN(C(C)(C)C)CC1. The zero-order chi connectivity index (χ0) is 13.3. The van der Waals surface area contributed by atoms with Crippen LogP contribution in [0.15, 0.2) is 0 Å². The van der Waals surface area contributed by atoms with Crippen LogP contribution in [-0.4, -0.2) is 53.6 Å². The van der Waals surface area contributed by atoms with Gasteiger partial charge in [0.1, 0.15) is 0 Å². The van der Waals surface area contributed by atoms with Crippen LogP contribution in [0.2, 0.25) is 0 Å². The summed E-state index contributed by atoms with van der Waals surface area (Å²) in [6, 6.07) is 0. The molecule has 17 heavy (non-hydrogen) atoms. The molecule has 1 aliphatic rings. The van der Waals surface area contributed by atoms with Crippen molar-refractivity contribution in [3.63, 3.8) is 0 Å². The van der Waals surface area contributed by atoms with Crippen LogP contribution >= 0.6 is 0 Å². The molecule has 1 atom stereocenters. The van der Waals surface area contributed by atoms with Crippen LogP contribution in [0, 0.1) is 5.92 Å². The van der Waals surface area contributed by atoms with Gasteiger partial charge in [0.05, 0.1) is 0 Å². The molecule has 1 unspecified atom stereocenters. The highest BCUT2D eigenvalue weighted by Gasteiger charge is 2.37. The van der Waals surface area contributed by atoms with Crippen LogP contribution in [0.3, 0.4) is 0 Å². The molecule has 2 N–H and O–H groups in total. The molecule has 0 bridgehead atoms. The highest BCUT2D eigenvalue weighted by atomic mass is 15.3. The van der Waals surface area contributed by atoms with E-state index in [4.69, 9.17) is 5.73 Å². The van der Waals surface area contributed by atoms with Crippen LogP contribution in [-0.2, 0) is 0 Å². The monoisotopic (exact) mass is 241 g/mol. The lowest BCUT2D eigenvalue weighted by atomic mass is 9.86. The van der Waals surface area contributed by atoms with Crippen molar-refractivity contribution in [3.8, 4) is 0 Å². The largest absolute Gasteiger partial charge is 0.329 e. The average Bonchev–Trinajstić information content (AvgIpc) is 2.26. The molecule has 1 fully saturated rings. The standard InChI is InChI=1S/C14H31N3/c1-12(2)14(6,11-15)17-9-7-16(8-10-17)13(3,4)5/h12H,7-11,15H2,1-6H3. The fourth-order valence-corrected chi connectivity index (χ4v) is 2.62. The Hall–Kier alpha value is -0.120. The van der Waals surface area contributed by atoms with E-state index in [1.807, 2.05) is 0 Å². The Bertz CT molecular complexity index is 236.